The second-order valence-corrected chi connectivity index (χ2v) is 9.03. The summed E-state index contributed by atoms with van der Waals surface area (Å²) in [6, 6.07) is 21.8. The van der Waals surface area contributed by atoms with E-state index in [1.807, 2.05) is 53.1 Å². The van der Waals surface area contributed by atoms with Crippen LogP contribution in [0.15, 0.2) is 77.7 Å². The van der Waals surface area contributed by atoms with Crippen molar-refractivity contribution in [3.8, 4) is 5.75 Å². The molecule has 0 aliphatic rings. The molecule has 36 heavy (non-hydrogen) atoms. The minimum absolute atomic E-state index is 0.163. The molecule has 5 rings (SSSR count). The largest absolute Gasteiger partial charge is 0.497 e. The Morgan fingerprint density at radius 2 is 1.83 bits per heavy atom. The molecule has 7 nitrogen and oxygen atoms in total. The van der Waals surface area contributed by atoms with Crippen molar-refractivity contribution >= 4 is 27.7 Å². The van der Waals surface area contributed by atoms with E-state index in [4.69, 9.17) is 4.74 Å². The van der Waals surface area contributed by atoms with Gasteiger partial charge >= 0.3 is 0 Å². The van der Waals surface area contributed by atoms with Gasteiger partial charge in [0, 0.05) is 29.4 Å². The number of nitrogens with one attached hydrogen (secondary N) is 1. The van der Waals surface area contributed by atoms with Crippen LogP contribution < -0.4 is 15.6 Å². The number of ether oxygens (including phenoxy) is 1. The average Bonchev–Trinajstić information content (AvgIpc) is 3.21. The zero-order valence-electron chi connectivity index (χ0n) is 20.6. The number of nitrogens with zero attached hydrogens (tertiary/aromatic N) is 3. The van der Waals surface area contributed by atoms with Gasteiger partial charge in [-0.1, -0.05) is 54.1 Å². The first-order valence-corrected chi connectivity index (χ1v) is 11.9. The van der Waals surface area contributed by atoms with Crippen LogP contribution in [0.1, 0.15) is 22.3 Å². The maximum absolute atomic E-state index is 13.6. The molecular formula is C29H28N4O3. The quantitative estimate of drug-likeness (QED) is 0.376. The SMILES string of the molecule is COc1cccc(CNC(=O)Cn2ncc3c4ccccc4n(Cc4cc(C)ccc4C)c3c2=O)c1. The average molecular weight is 481 g/mol. The first-order valence-electron chi connectivity index (χ1n) is 11.9. The molecule has 0 fully saturated rings. The van der Waals surface area contributed by atoms with E-state index in [9.17, 15) is 9.59 Å². The molecule has 0 aliphatic heterocycles. The number of para-hydroxylation sites is 1. The molecule has 0 bridgehead atoms. The van der Waals surface area contributed by atoms with Crippen LogP contribution in [0.2, 0.25) is 0 Å². The number of aromatic nitrogens is 3. The molecule has 182 valence electrons. The summed E-state index contributed by atoms with van der Waals surface area (Å²) in [6.07, 6.45) is 1.69. The van der Waals surface area contributed by atoms with E-state index in [0.717, 1.165) is 38.7 Å². The minimum Gasteiger partial charge on any atom is -0.497 e. The summed E-state index contributed by atoms with van der Waals surface area (Å²) in [4.78, 5) is 26.3. The van der Waals surface area contributed by atoms with Gasteiger partial charge in [0.25, 0.3) is 5.56 Å². The van der Waals surface area contributed by atoms with E-state index in [1.54, 1.807) is 13.3 Å². The van der Waals surface area contributed by atoms with Crippen LogP contribution in [0.25, 0.3) is 21.8 Å². The molecule has 0 spiro atoms. The highest BCUT2D eigenvalue weighted by Gasteiger charge is 2.18. The lowest BCUT2D eigenvalue weighted by atomic mass is 10.1. The molecule has 0 radical (unpaired) electrons. The third kappa shape index (κ3) is 4.47. The van der Waals surface area contributed by atoms with Crippen molar-refractivity contribution in [2.75, 3.05) is 7.11 Å². The molecular weight excluding hydrogens is 452 g/mol. The smallest absolute Gasteiger partial charge is 0.291 e. The number of carbonyl (C=O) groups excluding carboxylic acids is 1. The number of rotatable bonds is 7. The number of aryl methyl sites for hydroxylation is 2. The van der Waals surface area contributed by atoms with Gasteiger partial charge in [0.15, 0.2) is 0 Å². The van der Waals surface area contributed by atoms with Gasteiger partial charge in [-0.05, 0) is 48.7 Å². The lowest BCUT2D eigenvalue weighted by Gasteiger charge is -2.12. The number of fused-ring (bicyclic) bond motifs is 3. The maximum Gasteiger partial charge on any atom is 0.291 e. The molecule has 2 heterocycles. The van der Waals surface area contributed by atoms with Gasteiger partial charge in [-0.3, -0.25) is 9.59 Å². The third-order valence-electron chi connectivity index (χ3n) is 6.52. The first kappa shape index (κ1) is 23.4. The molecule has 0 aliphatic carbocycles. The van der Waals surface area contributed by atoms with Crippen LogP contribution in [0, 0.1) is 13.8 Å². The summed E-state index contributed by atoms with van der Waals surface area (Å²) >= 11 is 0. The molecule has 1 amide bonds. The topological polar surface area (TPSA) is 78.2 Å². The number of hydrogen-bond acceptors (Lipinski definition) is 4. The van der Waals surface area contributed by atoms with E-state index < -0.39 is 0 Å². The fourth-order valence-electron chi connectivity index (χ4n) is 4.59. The summed E-state index contributed by atoms with van der Waals surface area (Å²) < 4.78 is 8.52. The Labute approximate surface area is 208 Å². The fraction of sp³-hybridized carbons (Fsp3) is 0.207. The van der Waals surface area contributed by atoms with E-state index in [0.29, 0.717) is 18.6 Å². The van der Waals surface area contributed by atoms with Crippen LogP contribution in [-0.4, -0.2) is 27.4 Å². The van der Waals surface area contributed by atoms with Crippen LogP contribution in [0.3, 0.4) is 0 Å². The Morgan fingerprint density at radius 1 is 1.00 bits per heavy atom. The second-order valence-electron chi connectivity index (χ2n) is 9.03. The minimum atomic E-state index is -0.288. The number of benzene rings is 3. The zero-order valence-corrected chi connectivity index (χ0v) is 20.6. The third-order valence-corrected chi connectivity index (χ3v) is 6.52. The van der Waals surface area contributed by atoms with E-state index in [2.05, 4.69) is 42.5 Å². The van der Waals surface area contributed by atoms with Crippen molar-refractivity contribution in [1.29, 1.82) is 0 Å². The highest BCUT2D eigenvalue weighted by molar-refractivity contribution is 6.07. The summed E-state index contributed by atoms with van der Waals surface area (Å²) in [5.41, 5.74) is 5.62. The summed E-state index contributed by atoms with van der Waals surface area (Å²) in [5, 5.41) is 8.96. The standard InChI is InChI=1S/C29H28N4O3/c1-19-11-12-20(2)22(13-19)17-32-26-10-5-4-9-24(26)25-16-31-33(29(35)28(25)32)18-27(34)30-15-21-7-6-8-23(14-21)36-3/h4-14,16H,15,17-18H2,1-3H3,(H,30,34). The Balaban J connectivity index is 1.49. The monoisotopic (exact) mass is 480 g/mol. The molecule has 0 saturated heterocycles. The predicted octanol–water partition coefficient (Wildman–Crippen LogP) is 4.34. The van der Waals surface area contributed by atoms with Gasteiger partial charge in [0.2, 0.25) is 5.91 Å². The van der Waals surface area contributed by atoms with Crippen LogP contribution in [-0.2, 0) is 24.4 Å². The summed E-state index contributed by atoms with van der Waals surface area (Å²) in [6.45, 7) is 4.87. The lowest BCUT2D eigenvalue weighted by Crippen LogP contribution is -2.33. The van der Waals surface area contributed by atoms with E-state index >= 15 is 0 Å². The van der Waals surface area contributed by atoms with Crippen molar-refractivity contribution < 1.29 is 9.53 Å². The van der Waals surface area contributed by atoms with Gasteiger partial charge in [0.1, 0.15) is 17.8 Å². The van der Waals surface area contributed by atoms with Gasteiger partial charge in [-0.2, -0.15) is 5.10 Å². The normalized spacial score (nSPS) is 11.2. The first-order chi connectivity index (χ1) is 17.4. The Morgan fingerprint density at radius 3 is 2.67 bits per heavy atom. The molecule has 1 N–H and O–H groups in total. The Hall–Kier alpha value is -4.39. The number of hydrogen-bond donors (Lipinski definition) is 1. The Kier molecular flexibility index (Phi) is 6.29. The Bertz CT molecular complexity index is 1650. The van der Waals surface area contributed by atoms with Gasteiger partial charge in [-0.15, -0.1) is 0 Å². The molecule has 0 saturated carbocycles. The molecule has 2 aromatic heterocycles. The van der Waals surface area contributed by atoms with Gasteiger partial charge in [-0.25, -0.2) is 4.68 Å². The van der Waals surface area contributed by atoms with Crippen molar-refractivity contribution in [1.82, 2.24) is 19.7 Å². The number of amides is 1. The van der Waals surface area contributed by atoms with Gasteiger partial charge in [0.05, 0.1) is 13.3 Å². The van der Waals surface area contributed by atoms with Crippen LogP contribution >= 0.6 is 0 Å². The zero-order chi connectivity index (χ0) is 25.2. The number of methoxy groups -OCH3 is 1. The lowest BCUT2D eigenvalue weighted by molar-refractivity contribution is -0.122. The van der Waals surface area contributed by atoms with E-state index in [-0.39, 0.29) is 18.0 Å². The number of carbonyl (C=O) groups is 1. The molecule has 3 aromatic carbocycles. The summed E-state index contributed by atoms with van der Waals surface area (Å²) in [5.74, 6) is 0.436. The van der Waals surface area contributed by atoms with Gasteiger partial charge < -0.3 is 14.6 Å². The van der Waals surface area contributed by atoms with Crippen LogP contribution in [0.4, 0.5) is 0 Å². The highest BCUT2D eigenvalue weighted by atomic mass is 16.5. The molecule has 5 aromatic rings. The van der Waals surface area contributed by atoms with E-state index in [1.165, 1.54) is 10.2 Å². The van der Waals surface area contributed by atoms with Crippen molar-refractivity contribution in [3.05, 3.63) is 106 Å². The van der Waals surface area contributed by atoms with Crippen molar-refractivity contribution in [2.24, 2.45) is 0 Å². The molecule has 0 atom stereocenters. The van der Waals surface area contributed by atoms with Crippen molar-refractivity contribution in [3.63, 3.8) is 0 Å². The van der Waals surface area contributed by atoms with Crippen molar-refractivity contribution in [2.45, 2.75) is 33.5 Å². The molecule has 0 unspecified atom stereocenters. The second kappa shape index (κ2) is 9.70. The fourth-order valence-corrected chi connectivity index (χ4v) is 4.59. The summed E-state index contributed by atoms with van der Waals surface area (Å²) in [7, 11) is 1.60. The van der Waals surface area contributed by atoms with Crippen LogP contribution in [0.5, 0.6) is 5.75 Å². The molecule has 7 heteroatoms. The highest BCUT2D eigenvalue weighted by Crippen LogP contribution is 2.28. The maximum atomic E-state index is 13.6. The predicted molar refractivity (Wildman–Crippen MR) is 141 cm³/mol.